The molecule has 10 nitrogen and oxygen atoms in total. The molecule has 2 rings (SSSR count). The summed E-state index contributed by atoms with van der Waals surface area (Å²) in [6.07, 6.45) is -0.527. The number of carbonyl (C=O) groups excluding carboxylic acids is 2. The fraction of sp³-hybridized carbons (Fsp3) is 0.905. The van der Waals surface area contributed by atoms with E-state index in [2.05, 4.69) is 29.8 Å². The molecule has 2 aliphatic heterocycles. The van der Waals surface area contributed by atoms with Crippen LogP contribution in [-0.2, 0) is 14.3 Å². The molecular weight excluding hydrogens is 436 g/mol. The minimum atomic E-state index is -1.43. The van der Waals surface area contributed by atoms with Crippen LogP contribution in [0.3, 0.4) is 0 Å². The molecule has 0 aliphatic carbocycles. The quantitative estimate of drug-likeness (QED) is 0.256. The Hall–Kier alpha value is -0.950. The standard InChI is InChI=1S/C18H34N4O6S.C3H8/c1-9(20-11(23)8-19-2)12(21-17(27)10-6-5-7-22(10)3)16-14(25)13(24)15(26)18(28-16)29-4;1-3-2/h9-10,12-16,18-19,24-26H,5-8H2,1-4H3,(H,20,23)(H,21,27);3H2,1-2H3. The molecule has 2 heterocycles. The molecule has 8 atom stereocenters. The second kappa shape index (κ2) is 14.3. The number of amides is 2. The van der Waals surface area contributed by atoms with Crippen LogP contribution in [0.5, 0.6) is 0 Å². The summed E-state index contributed by atoms with van der Waals surface area (Å²) in [5.41, 5.74) is -0.771. The Morgan fingerprint density at radius 2 is 1.78 bits per heavy atom. The molecule has 2 amide bonds. The second-order valence-electron chi connectivity index (χ2n) is 8.44. The molecule has 8 unspecified atom stereocenters. The van der Waals surface area contributed by atoms with Gasteiger partial charge in [0.15, 0.2) is 0 Å². The lowest BCUT2D eigenvalue weighted by atomic mass is 9.91. The molecule has 188 valence electrons. The Kier molecular flexibility index (Phi) is 13.0. The summed E-state index contributed by atoms with van der Waals surface area (Å²) in [5.74, 6) is -0.494. The lowest BCUT2D eigenvalue weighted by molar-refractivity contribution is -0.207. The Bertz CT molecular complexity index is 584. The first kappa shape index (κ1) is 29.1. The molecular formula is C21H42N4O6S. The SMILES string of the molecule is CCC.CNCC(=O)NC(C)C(NC(=O)C1CCCN1C)C1OC(SC)C(O)C(O)C1O. The fourth-order valence-electron chi connectivity index (χ4n) is 3.91. The summed E-state index contributed by atoms with van der Waals surface area (Å²) < 4.78 is 5.85. The van der Waals surface area contributed by atoms with E-state index in [1.165, 1.54) is 18.2 Å². The van der Waals surface area contributed by atoms with E-state index < -0.39 is 41.9 Å². The number of thioether (sulfide) groups is 1. The third kappa shape index (κ3) is 7.82. The zero-order valence-corrected chi connectivity index (χ0v) is 20.9. The normalized spacial score (nSPS) is 32.4. The number of aliphatic hydroxyl groups excluding tert-OH is 3. The van der Waals surface area contributed by atoms with Gasteiger partial charge in [0.1, 0.15) is 29.9 Å². The van der Waals surface area contributed by atoms with Crippen molar-refractivity contribution < 1.29 is 29.6 Å². The maximum absolute atomic E-state index is 12.9. The summed E-state index contributed by atoms with van der Waals surface area (Å²) in [7, 11) is 3.52. The first-order chi connectivity index (χ1) is 15.1. The van der Waals surface area contributed by atoms with Crippen LogP contribution in [0.15, 0.2) is 0 Å². The highest BCUT2D eigenvalue weighted by molar-refractivity contribution is 7.99. The number of carbonyl (C=O) groups is 2. The van der Waals surface area contributed by atoms with Gasteiger partial charge in [-0.1, -0.05) is 20.3 Å². The monoisotopic (exact) mass is 478 g/mol. The van der Waals surface area contributed by atoms with Crippen molar-refractivity contribution in [3.8, 4) is 0 Å². The van der Waals surface area contributed by atoms with E-state index in [1.54, 1.807) is 20.2 Å². The van der Waals surface area contributed by atoms with Crippen molar-refractivity contribution in [2.24, 2.45) is 0 Å². The van der Waals surface area contributed by atoms with Crippen LogP contribution in [0, 0.1) is 0 Å². The molecule has 32 heavy (non-hydrogen) atoms. The van der Waals surface area contributed by atoms with Gasteiger partial charge in [0.25, 0.3) is 0 Å². The smallest absolute Gasteiger partial charge is 0.237 e. The van der Waals surface area contributed by atoms with Crippen LogP contribution in [0.2, 0.25) is 0 Å². The first-order valence-electron chi connectivity index (χ1n) is 11.3. The van der Waals surface area contributed by atoms with Gasteiger partial charge in [0.2, 0.25) is 11.8 Å². The van der Waals surface area contributed by atoms with Crippen LogP contribution in [0.25, 0.3) is 0 Å². The van der Waals surface area contributed by atoms with Gasteiger partial charge in [-0.3, -0.25) is 14.5 Å². The van der Waals surface area contributed by atoms with Crippen LogP contribution in [0.1, 0.15) is 40.0 Å². The molecule has 2 fully saturated rings. The number of likely N-dealkylation sites (tertiary alicyclic amines) is 1. The summed E-state index contributed by atoms with van der Waals surface area (Å²) in [4.78, 5) is 26.9. The predicted octanol–water partition coefficient (Wildman–Crippen LogP) is -1.12. The van der Waals surface area contributed by atoms with Gasteiger partial charge >= 0.3 is 0 Å². The van der Waals surface area contributed by atoms with Gasteiger partial charge in [0.05, 0.1) is 18.6 Å². The third-order valence-electron chi connectivity index (χ3n) is 5.59. The van der Waals surface area contributed by atoms with Crippen LogP contribution in [-0.4, -0.2) is 113 Å². The number of likely N-dealkylation sites (N-methyl/N-ethyl adjacent to an activating group) is 2. The lowest BCUT2D eigenvalue weighted by Crippen LogP contribution is -2.67. The molecule has 6 N–H and O–H groups in total. The first-order valence-corrected chi connectivity index (χ1v) is 12.6. The molecule has 0 aromatic heterocycles. The average molecular weight is 479 g/mol. The van der Waals surface area contributed by atoms with Gasteiger partial charge in [-0.25, -0.2) is 0 Å². The van der Waals surface area contributed by atoms with Gasteiger partial charge in [-0.05, 0) is 46.7 Å². The average Bonchev–Trinajstić information content (AvgIpc) is 3.17. The molecule has 0 aromatic rings. The summed E-state index contributed by atoms with van der Waals surface area (Å²) in [6.45, 7) is 6.87. The molecule has 0 saturated carbocycles. The Balaban J connectivity index is 0.00000161. The Morgan fingerprint density at radius 1 is 1.16 bits per heavy atom. The topological polar surface area (TPSA) is 143 Å². The largest absolute Gasteiger partial charge is 0.388 e. The van der Waals surface area contributed by atoms with Crippen LogP contribution in [0.4, 0.5) is 0 Å². The Labute approximate surface area is 195 Å². The lowest BCUT2D eigenvalue weighted by Gasteiger charge is -2.45. The molecule has 11 heteroatoms. The highest BCUT2D eigenvalue weighted by Gasteiger charge is 2.48. The predicted molar refractivity (Wildman–Crippen MR) is 125 cm³/mol. The number of rotatable bonds is 8. The van der Waals surface area contributed by atoms with E-state index in [9.17, 15) is 24.9 Å². The fourth-order valence-corrected chi connectivity index (χ4v) is 4.59. The number of hydrogen-bond acceptors (Lipinski definition) is 9. The van der Waals surface area contributed by atoms with Crippen molar-refractivity contribution >= 4 is 23.6 Å². The van der Waals surface area contributed by atoms with Crippen LogP contribution < -0.4 is 16.0 Å². The van der Waals surface area contributed by atoms with E-state index in [-0.39, 0.29) is 24.4 Å². The Morgan fingerprint density at radius 3 is 2.28 bits per heavy atom. The van der Waals surface area contributed by atoms with Gasteiger partial charge in [-0.2, -0.15) is 0 Å². The summed E-state index contributed by atoms with van der Waals surface area (Å²) in [5, 5.41) is 39.5. The zero-order valence-electron chi connectivity index (χ0n) is 20.1. The van der Waals surface area contributed by atoms with E-state index >= 15 is 0 Å². The minimum absolute atomic E-state index is 0.0965. The van der Waals surface area contributed by atoms with E-state index in [0.29, 0.717) is 0 Å². The van der Waals surface area contributed by atoms with Crippen molar-refractivity contribution in [1.82, 2.24) is 20.9 Å². The number of nitrogens with one attached hydrogen (secondary N) is 3. The van der Waals surface area contributed by atoms with E-state index in [0.717, 1.165) is 19.4 Å². The molecule has 0 spiro atoms. The maximum Gasteiger partial charge on any atom is 0.237 e. The van der Waals surface area contributed by atoms with Crippen LogP contribution >= 0.6 is 11.8 Å². The second-order valence-corrected chi connectivity index (χ2v) is 9.38. The van der Waals surface area contributed by atoms with Crippen molar-refractivity contribution in [2.45, 2.75) is 88.0 Å². The highest BCUT2D eigenvalue weighted by atomic mass is 32.2. The maximum atomic E-state index is 12.9. The van der Waals surface area contributed by atoms with Crippen molar-refractivity contribution in [2.75, 3.05) is 33.4 Å². The number of ether oxygens (including phenoxy) is 1. The molecule has 0 radical (unpaired) electrons. The van der Waals surface area contributed by atoms with Crippen molar-refractivity contribution in [3.05, 3.63) is 0 Å². The molecule has 0 bridgehead atoms. The van der Waals surface area contributed by atoms with Gasteiger partial charge in [-0.15, -0.1) is 11.8 Å². The van der Waals surface area contributed by atoms with E-state index in [1.807, 2.05) is 11.9 Å². The van der Waals surface area contributed by atoms with Gasteiger partial charge < -0.3 is 36.0 Å². The molecule has 2 saturated heterocycles. The zero-order chi connectivity index (χ0) is 24.4. The minimum Gasteiger partial charge on any atom is -0.388 e. The number of aliphatic hydroxyl groups is 3. The highest BCUT2D eigenvalue weighted by Crippen LogP contribution is 2.29. The van der Waals surface area contributed by atoms with Gasteiger partial charge in [0, 0.05) is 6.04 Å². The van der Waals surface area contributed by atoms with E-state index in [4.69, 9.17) is 4.74 Å². The number of nitrogens with zero attached hydrogens (tertiary/aromatic N) is 1. The summed E-state index contributed by atoms with van der Waals surface area (Å²) in [6, 6.07) is -1.69. The summed E-state index contributed by atoms with van der Waals surface area (Å²) >= 11 is 1.20. The van der Waals surface area contributed by atoms with Crippen molar-refractivity contribution in [1.29, 1.82) is 0 Å². The van der Waals surface area contributed by atoms with Crippen molar-refractivity contribution in [3.63, 3.8) is 0 Å². The third-order valence-corrected chi connectivity index (χ3v) is 6.44. The number of hydrogen-bond donors (Lipinski definition) is 6. The molecule has 2 aliphatic rings. The molecule has 0 aromatic carbocycles.